The minimum absolute atomic E-state index is 0.174. The standard InChI is InChI=1S/C35H45N11O3S/c1-23(2)26-19-29(31(49-5)20-30(26)46-13-9-25(10-14-46)45-17-15-43(3)16-18-45)41-35-39-22-24(21-36)34(42-35)40-28-8-7-27-32(38-12-11-37-27)33(28)44(4)50(6,47)48/h7-8,11-12,19-20,22-23,25H,9-10,13-18H2,1-6H3,(H2,39,40,41,42). The zero-order valence-corrected chi connectivity index (χ0v) is 30.3. The van der Waals surface area contributed by atoms with Crippen LogP contribution in [0.1, 0.15) is 43.7 Å². The number of anilines is 6. The summed E-state index contributed by atoms with van der Waals surface area (Å²) in [6, 6.07) is 10.4. The third kappa shape index (κ3) is 7.37. The molecule has 15 heteroatoms. The summed E-state index contributed by atoms with van der Waals surface area (Å²) in [7, 11) is 1.62. The van der Waals surface area contributed by atoms with E-state index in [0.717, 1.165) is 62.7 Å². The van der Waals surface area contributed by atoms with Crippen molar-refractivity contribution >= 4 is 55.6 Å². The Kier molecular flexibility index (Phi) is 10.2. The lowest BCUT2D eigenvalue weighted by Gasteiger charge is -2.43. The van der Waals surface area contributed by atoms with Gasteiger partial charge in [-0.1, -0.05) is 13.8 Å². The number of hydrogen-bond donors (Lipinski definition) is 2. The molecule has 4 heterocycles. The van der Waals surface area contributed by atoms with Gasteiger partial charge in [0.1, 0.15) is 28.6 Å². The number of piperazine rings is 1. The van der Waals surface area contributed by atoms with Crippen molar-refractivity contribution in [1.82, 2.24) is 29.7 Å². The first-order valence-electron chi connectivity index (χ1n) is 16.8. The van der Waals surface area contributed by atoms with Gasteiger partial charge in [0, 0.05) is 76.5 Å². The van der Waals surface area contributed by atoms with Crippen LogP contribution in [0.15, 0.2) is 42.9 Å². The maximum atomic E-state index is 12.7. The van der Waals surface area contributed by atoms with E-state index in [0.29, 0.717) is 34.2 Å². The van der Waals surface area contributed by atoms with Crippen molar-refractivity contribution in [2.24, 2.45) is 0 Å². The van der Waals surface area contributed by atoms with E-state index in [-0.39, 0.29) is 28.9 Å². The van der Waals surface area contributed by atoms with Crippen molar-refractivity contribution in [1.29, 1.82) is 5.26 Å². The molecule has 0 unspecified atom stereocenters. The first-order valence-corrected chi connectivity index (χ1v) is 18.7. The third-order valence-corrected chi connectivity index (χ3v) is 10.8. The second kappa shape index (κ2) is 14.6. The van der Waals surface area contributed by atoms with E-state index in [2.05, 4.69) is 84.4 Å². The SMILES string of the molecule is COc1cc(N2CCC(N3CCN(C)CC3)CC2)c(C(C)C)cc1Nc1ncc(C#N)c(Nc2ccc3nccnc3c2N(C)S(C)(=O)=O)n1. The number of likely N-dealkylation sites (N-methyl/N-ethyl adjacent to an activating group) is 1. The highest BCUT2D eigenvalue weighted by Gasteiger charge is 2.29. The number of methoxy groups -OCH3 is 1. The molecule has 2 fully saturated rings. The van der Waals surface area contributed by atoms with E-state index in [1.165, 1.54) is 30.7 Å². The lowest BCUT2D eigenvalue weighted by Crippen LogP contribution is -2.52. The van der Waals surface area contributed by atoms with Crippen LogP contribution in [0.5, 0.6) is 5.75 Å². The van der Waals surface area contributed by atoms with Crippen LogP contribution >= 0.6 is 0 Å². The van der Waals surface area contributed by atoms with Gasteiger partial charge in [-0.2, -0.15) is 10.2 Å². The summed E-state index contributed by atoms with van der Waals surface area (Å²) in [5.41, 5.74) is 4.78. The number of ether oxygens (including phenoxy) is 1. The number of nitrogens with zero attached hydrogens (tertiary/aromatic N) is 9. The van der Waals surface area contributed by atoms with Crippen LogP contribution in [0.4, 0.5) is 34.5 Å². The fourth-order valence-electron chi connectivity index (χ4n) is 6.72. The van der Waals surface area contributed by atoms with Gasteiger partial charge in [-0.15, -0.1) is 0 Å². The summed E-state index contributed by atoms with van der Waals surface area (Å²) in [5, 5.41) is 16.4. The molecular formula is C35H45N11O3S. The van der Waals surface area contributed by atoms with E-state index >= 15 is 0 Å². The zero-order chi connectivity index (χ0) is 35.6. The summed E-state index contributed by atoms with van der Waals surface area (Å²) in [6.07, 6.45) is 7.83. The minimum atomic E-state index is -3.67. The first-order chi connectivity index (χ1) is 24.0. The molecule has 6 rings (SSSR count). The summed E-state index contributed by atoms with van der Waals surface area (Å²) >= 11 is 0. The molecule has 0 radical (unpaired) electrons. The van der Waals surface area contributed by atoms with E-state index in [9.17, 15) is 13.7 Å². The molecule has 4 aromatic rings. The number of benzene rings is 2. The quantitative estimate of drug-likeness (QED) is 0.239. The molecule has 0 atom stereocenters. The number of fused-ring (bicyclic) bond motifs is 1. The van der Waals surface area contributed by atoms with Crippen molar-refractivity contribution in [2.45, 2.75) is 38.6 Å². The Balaban J connectivity index is 1.28. The lowest BCUT2D eigenvalue weighted by atomic mass is 9.96. The summed E-state index contributed by atoms with van der Waals surface area (Å²) in [4.78, 5) is 25.4. The topological polar surface area (TPSA) is 156 Å². The summed E-state index contributed by atoms with van der Waals surface area (Å²) in [6.45, 7) is 10.9. The van der Waals surface area contributed by atoms with Crippen LogP contribution in [0.2, 0.25) is 0 Å². The molecule has 50 heavy (non-hydrogen) atoms. The molecule has 2 saturated heterocycles. The van der Waals surface area contributed by atoms with Crippen LogP contribution in [0.3, 0.4) is 0 Å². The maximum absolute atomic E-state index is 12.7. The molecule has 2 aromatic carbocycles. The Bertz CT molecular complexity index is 2000. The number of nitriles is 1. The fraction of sp³-hybridized carbons (Fsp3) is 0.457. The summed E-state index contributed by atoms with van der Waals surface area (Å²) < 4.78 is 32.3. The van der Waals surface area contributed by atoms with Gasteiger partial charge in [-0.05, 0) is 49.6 Å². The Morgan fingerprint density at radius 3 is 2.38 bits per heavy atom. The fourth-order valence-corrected chi connectivity index (χ4v) is 7.24. The number of piperidine rings is 1. The maximum Gasteiger partial charge on any atom is 0.232 e. The monoisotopic (exact) mass is 699 g/mol. The molecule has 2 aromatic heterocycles. The predicted molar refractivity (Wildman–Crippen MR) is 197 cm³/mol. The largest absolute Gasteiger partial charge is 0.494 e. The van der Waals surface area contributed by atoms with Gasteiger partial charge in [0.2, 0.25) is 16.0 Å². The van der Waals surface area contributed by atoms with Crippen molar-refractivity contribution in [3.63, 3.8) is 0 Å². The third-order valence-electron chi connectivity index (χ3n) is 9.67. The highest BCUT2D eigenvalue weighted by molar-refractivity contribution is 7.92. The van der Waals surface area contributed by atoms with Crippen LogP contribution in [-0.2, 0) is 10.0 Å². The number of nitrogens with one attached hydrogen (secondary N) is 2. The Labute approximate surface area is 294 Å². The van der Waals surface area contributed by atoms with E-state index in [1.807, 2.05) is 0 Å². The van der Waals surface area contributed by atoms with Crippen molar-refractivity contribution < 1.29 is 13.2 Å². The van der Waals surface area contributed by atoms with Crippen LogP contribution in [-0.4, -0.2) is 111 Å². The molecule has 0 saturated carbocycles. The van der Waals surface area contributed by atoms with Crippen LogP contribution in [0.25, 0.3) is 11.0 Å². The molecule has 2 aliphatic rings. The smallest absolute Gasteiger partial charge is 0.232 e. The summed E-state index contributed by atoms with van der Waals surface area (Å²) in [5.74, 6) is 1.32. The number of rotatable bonds is 10. The Hall–Kier alpha value is -4.78. The van der Waals surface area contributed by atoms with Crippen molar-refractivity contribution in [3.05, 3.63) is 54.0 Å². The zero-order valence-electron chi connectivity index (χ0n) is 29.5. The van der Waals surface area contributed by atoms with Gasteiger partial charge in [-0.25, -0.2) is 13.4 Å². The van der Waals surface area contributed by atoms with E-state index in [4.69, 9.17) is 4.74 Å². The molecule has 264 valence electrons. The lowest BCUT2D eigenvalue weighted by molar-refractivity contribution is 0.0982. The predicted octanol–water partition coefficient (Wildman–Crippen LogP) is 4.52. The van der Waals surface area contributed by atoms with Gasteiger partial charge >= 0.3 is 0 Å². The van der Waals surface area contributed by atoms with Gasteiger partial charge in [0.05, 0.1) is 36.5 Å². The van der Waals surface area contributed by atoms with Crippen molar-refractivity contribution in [3.8, 4) is 11.8 Å². The molecule has 14 nitrogen and oxygen atoms in total. The molecule has 0 bridgehead atoms. The highest BCUT2D eigenvalue weighted by atomic mass is 32.2. The molecular weight excluding hydrogens is 655 g/mol. The van der Waals surface area contributed by atoms with Gasteiger partial charge in [0.15, 0.2) is 5.82 Å². The molecule has 0 aliphatic carbocycles. The van der Waals surface area contributed by atoms with Gasteiger partial charge in [0.25, 0.3) is 0 Å². The highest BCUT2D eigenvalue weighted by Crippen LogP contribution is 2.40. The first kappa shape index (κ1) is 35.1. The average Bonchev–Trinajstić information content (AvgIpc) is 3.11. The number of aromatic nitrogens is 4. The average molecular weight is 700 g/mol. The van der Waals surface area contributed by atoms with Crippen LogP contribution in [0, 0.1) is 11.3 Å². The Morgan fingerprint density at radius 1 is 1.00 bits per heavy atom. The minimum Gasteiger partial charge on any atom is -0.494 e. The normalized spacial score (nSPS) is 16.4. The number of sulfonamides is 1. The number of hydrogen-bond acceptors (Lipinski definition) is 13. The molecule has 2 N–H and O–H groups in total. The Morgan fingerprint density at radius 2 is 1.72 bits per heavy atom. The molecule has 2 aliphatic heterocycles. The van der Waals surface area contributed by atoms with E-state index in [1.54, 1.807) is 25.4 Å². The van der Waals surface area contributed by atoms with Gasteiger partial charge < -0.3 is 25.2 Å². The molecule has 0 amide bonds. The second-order valence-electron chi connectivity index (χ2n) is 13.3. The van der Waals surface area contributed by atoms with Crippen molar-refractivity contribution in [2.75, 3.05) is 86.6 Å². The van der Waals surface area contributed by atoms with E-state index < -0.39 is 10.0 Å². The second-order valence-corrected chi connectivity index (χ2v) is 15.3. The van der Waals surface area contributed by atoms with Crippen LogP contribution < -0.4 is 24.6 Å². The molecule has 0 spiro atoms. The van der Waals surface area contributed by atoms with Gasteiger partial charge in [-0.3, -0.25) is 19.2 Å².